The first-order valence-corrected chi connectivity index (χ1v) is 3.97. The van der Waals surface area contributed by atoms with E-state index < -0.39 is 11.9 Å². The Morgan fingerprint density at radius 1 is 1.47 bits per heavy atom. The third-order valence-corrected chi connectivity index (χ3v) is 1.66. The normalized spacial score (nSPS) is 10.9. The first kappa shape index (κ1) is 11.3. The van der Waals surface area contributed by atoms with Gasteiger partial charge >= 0.3 is 6.18 Å². The maximum atomic E-state index is 12.4. The van der Waals surface area contributed by atoms with Crippen LogP contribution in [0.3, 0.4) is 0 Å². The van der Waals surface area contributed by atoms with Crippen molar-refractivity contribution in [2.24, 2.45) is 0 Å². The van der Waals surface area contributed by atoms with Crippen molar-refractivity contribution in [3.05, 3.63) is 23.5 Å². The van der Waals surface area contributed by atoms with Gasteiger partial charge in [0.2, 0.25) is 0 Å². The van der Waals surface area contributed by atoms with E-state index in [2.05, 4.69) is 9.72 Å². The van der Waals surface area contributed by atoms with E-state index in [4.69, 9.17) is 5.26 Å². The van der Waals surface area contributed by atoms with Gasteiger partial charge in [0.1, 0.15) is 5.75 Å². The second kappa shape index (κ2) is 4.17. The molecule has 1 rings (SSSR count). The van der Waals surface area contributed by atoms with Gasteiger partial charge < -0.3 is 4.74 Å². The minimum atomic E-state index is -4.57. The van der Waals surface area contributed by atoms with Gasteiger partial charge in [-0.05, 0) is 12.1 Å². The van der Waals surface area contributed by atoms with Gasteiger partial charge in [0.25, 0.3) is 0 Å². The SMILES string of the molecule is COc1ccc(CC#N)nc1C(F)(F)F. The second-order valence-electron chi connectivity index (χ2n) is 2.69. The Labute approximate surface area is 84.1 Å². The van der Waals surface area contributed by atoms with Gasteiger partial charge in [0, 0.05) is 0 Å². The summed E-state index contributed by atoms with van der Waals surface area (Å²) in [6, 6.07) is 4.22. The third kappa shape index (κ3) is 2.59. The zero-order valence-electron chi connectivity index (χ0n) is 7.80. The summed E-state index contributed by atoms with van der Waals surface area (Å²) in [4.78, 5) is 3.33. The van der Waals surface area contributed by atoms with Crippen LogP contribution in [0.4, 0.5) is 13.2 Å². The predicted molar refractivity (Wildman–Crippen MR) is 45.1 cm³/mol. The van der Waals surface area contributed by atoms with E-state index in [1.54, 1.807) is 6.07 Å². The van der Waals surface area contributed by atoms with Crippen LogP contribution in [0.1, 0.15) is 11.4 Å². The molecule has 6 heteroatoms. The molecule has 0 aromatic carbocycles. The van der Waals surface area contributed by atoms with Gasteiger partial charge in [-0.2, -0.15) is 18.4 Å². The van der Waals surface area contributed by atoms with E-state index in [0.29, 0.717) is 0 Å². The topological polar surface area (TPSA) is 45.9 Å². The molecule has 0 amide bonds. The molecule has 1 aromatic rings. The minimum absolute atomic E-state index is 0.0747. The fourth-order valence-corrected chi connectivity index (χ4v) is 1.03. The lowest BCUT2D eigenvalue weighted by Crippen LogP contribution is -2.11. The van der Waals surface area contributed by atoms with E-state index in [1.165, 1.54) is 6.07 Å². The van der Waals surface area contributed by atoms with Crippen LogP contribution in [0.2, 0.25) is 0 Å². The first-order valence-electron chi connectivity index (χ1n) is 3.97. The number of ether oxygens (including phenoxy) is 1. The predicted octanol–water partition coefficient (Wildman–Crippen LogP) is 2.18. The number of nitriles is 1. The fourth-order valence-electron chi connectivity index (χ4n) is 1.03. The molecule has 0 bridgehead atoms. The van der Waals surface area contributed by atoms with E-state index >= 15 is 0 Å². The lowest BCUT2D eigenvalue weighted by Gasteiger charge is -2.11. The third-order valence-electron chi connectivity index (χ3n) is 1.66. The Kier molecular flexibility index (Phi) is 3.14. The molecule has 3 nitrogen and oxygen atoms in total. The highest BCUT2D eigenvalue weighted by atomic mass is 19.4. The number of aromatic nitrogens is 1. The number of pyridine rings is 1. The maximum Gasteiger partial charge on any atom is 0.437 e. The summed E-state index contributed by atoms with van der Waals surface area (Å²) in [6.07, 6.45) is -4.73. The highest BCUT2D eigenvalue weighted by Crippen LogP contribution is 2.34. The average molecular weight is 216 g/mol. The molecule has 0 aliphatic heterocycles. The first-order chi connectivity index (χ1) is 6.99. The highest BCUT2D eigenvalue weighted by Gasteiger charge is 2.36. The van der Waals surface area contributed by atoms with E-state index in [0.717, 1.165) is 13.2 Å². The molecule has 1 aromatic heterocycles. The van der Waals surface area contributed by atoms with Crippen LogP contribution in [-0.2, 0) is 12.6 Å². The molecular formula is C9H7F3N2O. The van der Waals surface area contributed by atoms with Crippen LogP contribution < -0.4 is 4.74 Å². The number of methoxy groups -OCH3 is 1. The standard InChI is InChI=1S/C9H7F3N2O/c1-15-7-3-2-6(4-5-13)14-8(7)9(10,11)12/h2-3H,4H2,1H3. The summed E-state index contributed by atoms with van der Waals surface area (Å²) in [5, 5.41) is 8.34. The minimum Gasteiger partial charge on any atom is -0.494 e. The van der Waals surface area contributed by atoms with Crippen molar-refractivity contribution in [3.63, 3.8) is 0 Å². The van der Waals surface area contributed by atoms with E-state index in [1.807, 2.05) is 0 Å². The van der Waals surface area contributed by atoms with Gasteiger partial charge in [0.05, 0.1) is 25.3 Å². The number of alkyl halides is 3. The maximum absolute atomic E-state index is 12.4. The van der Waals surface area contributed by atoms with Crippen molar-refractivity contribution in [2.75, 3.05) is 7.11 Å². The molecule has 0 aliphatic rings. The van der Waals surface area contributed by atoms with Crippen molar-refractivity contribution in [3.8, 4) is 11.8 Å². The smallest absolute Gasteiger partial charge is 0.437 e. The number of rotatable bonds is 2. The van der Waals surface area contributed by atoms with Gasteiger partial charge in [-0.3, -0.25) is 0 Å². The largest absolute Gasteiger partial charge is 0.494 e. The summed E-state index contributed by atoms with van der Waals surface area (Å²) in [6.45, 7) is 0. The van der Waals surface area contributed by atoms with Crippen molar-refractivity contribution in [1.29, 1.82) is 5.26 Å². The van der Waals surface area contributed by atoms with Gasteiger partial charge in [-0.25, -0.2) is 4.98 Å². The number of hydrogen-bond donors (Lipinski definition) is 0. The highest BCUT2D eigenvalue weighted by molar-refractivity contribution is 5.32. The van der Waals surface area contributed by atoms with Gasteiger partial charge in [-0.1, -0.05) is 0 Å². The monoisotopic (exact) mass is 216 g/mol. The Morgan fingerprint density at radius 2 is 2.13 bits per heavy atom. The van der Waals surface area contributed by atoms with Crippen LogP contribution in [0, 0.1) is 11.3 Å². The Hall–Kier alpha value is -1.77. The number of halogens is 3. The summed E-state index contributed by atoms with van der Waals surface area (Å²) in [7, 11) is 1.14. The van der Waals surface area contributed by atoms with E-state index in [-0.39, 0.29) is 17.9 Å². The van der Waals surface area contributed by atoms with Gasteiger partial charge in [-0.15, -0.1) is 0 Å². The molecule has 80 valence electrons. The van der Waals surface area contributed by atoms with Crippen molar-refractivity contribution < 1.29 is 17.9 Å². The molecule has 0 radical (unpaired) electrons. The summed E-state index contributed by atoms with van der Waals surface area (Å²) >= 11 is 0. The molecule has 0 atom stereocenters. The van der Waals surface area contributed by atoms with Gasteiger partial charge in [0.15, 0.2) is 5.69 Å². The Bertz CT molecular complexity index is 395. The average Bonchev–Trinajstić information content (AvgIpc) is 2.17. The van der Waals surface area contributed by atoms with Crippen LogP contribution in [0.5, 0.6) is 5.75 Å². The quantitative estimate of drug-likeness (QED) is 0.761. The van der Waals surface area contributed by atoms with Crippen LogP contribution >= 0.6 is 0 Å². The van der Waals surface area contributed by atoms with Crippen LogP contribution in [0.25, 0.3) is 0 Å². The Balaban J connectivity index is 3.21. The molecule has 0 saturated carbocycles. The van der Waals surface area contributed by atoms with Crippen molar-refractivity contribution in [2.45, 2.75) is 12.6 Å². The fraction of sp³-hybridized carbons (Fsp3) is 0.333. The molecule has 0 saturated heterocycles. The summed E-state index contributed by atoms with van der Waals surface area (Å²) in [5.41, 5.74) is -1.02. The van der Waals surface area contributed by atoms with Crippen molar-refractivity contribution in [1.82, 2.24) is 4.98 Å². The molecule has 0 N–H and O–H groups in total. The zero-order valence-corrected chi connectivity index (χ0v) is 7.80. The molecule has 0 aliphatic carbocycles. The zero-order chi connectivity index (χ0) is 11.5. The molecule has 0 unspecified atom stereocenters. The lowest BCUT2D eigenvalue weighted by atomic mass is 10.2. The molecule has 0 spiro atoms. The van der Waals surface area contributed by atoms with Crippen molar-refractivity contribution >= 4 is 0 Å². The molecular weight excluding hydrogens is 209 g/mol. The summed E-state index contributed by atoms with van der Waals surface area (Å²) < 4.78 is 41.8. The van der Waals surface area contributed by atoms with Crippen LogP contribution in [-0.4, -0.2) is 12.1 Å². The Morgan fingerprint density at radius 3 is 2.60 bits per heavy atom. The molecule has 15 heavy (non-hydrogen) atoms. The number of nitrogens with zero attached hydrogens (tertiary/aromatic N) is 2. The van der Waals surface area contributed by atoms with Crippen LogP contribution in [0.15, 0.2) is 12.1 Å². The lowest BCUT2D eigenvalue weighted by molar-refractivity contribution is -0.142. The van der Waals surface area contributed by atoms with E-state index in [9.17, 15) is 13.2 Å². The number of hydrogen-bond acceptors (Lipinski definition) is 3. The molecule has 1 heterocycles. The second-order valence-corrected chi connectivity index (χ2v) is 2.69. The summed E-state index contributed by atoms with van der Waals surface area (Å²) in [5.74, 6) is -0.343. The molecule has 0 fully saturated rings.